The van der Waals surface area contributed by atoms with Crippen molar-refractivity contribution in [1.29, 1.82) is 0 Å². The molecular formula is C38H40FNO4Si. The molecule has 2 heterocycles. The molecule has 0 saturated heterocycles. The number of pyridine rings is 1. The van der Waals surface area contributed by atoms with Gasteiger partial charge < -0.3 is 18.8 Å². The van der Waals surface area contributed by atoms with Gasteiger partial charge in [0.1, 0.15) is 6.10 Å². The van der Waals surface area contributed by atoms with Crippen LogP contribution < -0.4 is 20.7 Å². The Kier molecular flexibility index (Phi) is 8.29. The Morgan fingerprint density at radius 3 is 2.13 bits per heavy atom. The molecule has 6 rings (SSSR count). The van der Waals surface area contributed by atoms with E-state index >= 15 is 4.39 Å². The molecule has 232 valence electrons. The number of nitrogens with zero attached hydrogens (tertiary/aromatic N) is 1. The molecule has 1 N–H and O–H groups in total. The second-order valence-corrected chi connectivity index (χ2v) is 17.3. The smallest absolute Gasteiger partial charge is 0.261 e. The summed E-state index contributed by atoms with van der Waals surface area (Å²) in [6.45, 7) is 8.95. The van der Waals surface area contributed by atoms with Crippen LogP contribution in [0.25, 0.3) is 21.9 Å². The molecule has 0 bridgehead atoms. The lowest BCUT2D eigenvalue weighted by Crippen LogP contribution is -2.66. The first-order valence-electron chi connectivity index (χ1n) is 15.6. The Bertz CT molecular complexity index is 1880. The first kappa shape index (κ1) is 31.0. The van der Waals surface area contributed by atoms with E-state index < -0.39 is 20.2 Å². The number of halogens is 1. The summed E-state index contributed by atoms with van der Waals surface area (Å²) in [5.74, 6) is -0.138. The average molecular weight is 622 g/mol. The third-order valence-electron chi connectivity index (χ3n) is 9.24. The number of aliphatic hydroxyl groups is 1. The number of rotatable bonds is 7. The molecule has 0 fully saturated rings. The summed E-state index contributed by atoms with van der Waals surface area (Å²) in [5, 5.41) is 15.2. The molecule has 0 amide bonds. The van der Waals surface area contributed by atoms with Gasteiger partial charge in [0.05, 0.1) is 18.9 Å². The second kappa shape index (κ2) is 12.0. The highest BCUT2D eigenvalue weighted by molar-refractivity contribution is 6.99. The number of aliphatic hydroxyl groups excluding tert-OH is 1. The van der Waals surface area contributed by atoms with Gasteiger partial charge in [-0.25, -0.2) is 4.39 Å². The summed E-state index contributed by atoms with van der Waals surface area (Å²) in [4.78, 5) is 13.8. The third-order valence-corrected chi connectivity index (χ3v) is 14.2. The minimum Gasteiger partial charge on any atom is -0.490 e. The highest BCUT2D eigenvalue weighted by Gasteiger charge is 2.50. The molecule has 1 unspecified atom stereocenters. The van der Waals surface area contributed by atoms with Crippen LogP contribution in [0, 0.1) is 12.7 Å². The number of ether oxygens (including phenoxy) is 1. The Morgan fingerprint density at radius 1 is 0.956 bits per heavy atom. The molecule has 5 nitrogen and oxygen atoms in total. The quantitative estimate of drug-likeness (QED) is 0.209. The summed E-state index contributed by atoms with van der Waals surface area (Å²) in [7, 11) is -1.32. The Balaban J connectivity index is 1.55. The van der Waals surface area contributed by atoms with Crippen LogP contribution in [0.5, 0.6) is 5.75 Å². The van der Waals surface area contributed by atoms with Gasteiger partial charge in [0.25, 0.3) is 13.9 Å². The zero-order valence-electron chi connectivity index (χ0n) is 26.6. The van der Waals surface area contributed by atoms with E-state index in [1.807, 2.05) is 61.5 Å². The minimum atomic E-state index is -2.99. The van der Waals surface area contributed by atoms with Gasteiger partial charge in [0.15, 0.2) is 11.6 Å². The lowest BCUT2D eigenvalue weighted by atomic mass is 9.88. The lowest BCUT2D eigenvalue weighted by Gasteiger charge is -2.43. The van der Waals surface area contributed by atoms with Gasteiger partial charge in [-0.2, -0.15) is 0 Å². The maximum absolute atomic E-state index is 15.6. The van der Waals surface area contributed by atoms with Gasteiger partial charge in [0, 0.05) is 23.6 Å². The fraction of sp³-hybridized carbons (Fsp3) is 0.289. The zero-order chi connectivity index (χ0) is 31.9. The van der Waals surface area contributed by atoms with E-state index in [9.17, 15) is 9.90 Å². The number of fused-ring (bicyclic) bond motifs is 2. The van der Waals surface area contributed by atoms with Gasteiger partial charge in [-0.15, -0.1) is 0 Å². The van der Waals surface area contributed by atoms with E-state index in [0.717, 1.165) is 27.9 Å². The van der Waals surface area contributed by atoms with Crippen LogP contribution >= 0.6 is 0 Å². The molecular weight excluding hydrogens is 582 g/mol. The fourth-order valence-corrected chi connectivity index (χ4v) is 11.7. The van der Waals surface area contributed by atoms with Gasteiger partial charge in [0.2, 0.25) is 0 Å². The Hall–Kier alpha value is -4.04. The molecule has 1 atom stereocenters. The number of aromatic nitrogens is 1. The molecule has 45 heavy (non-hydrogen) atoms. The van der Waals surface area contributed by atoms with E-state index in [0.29, 0.717) is 46.4 Å². The van der Waals surface area contributed by atoms with E-state index in [2.05, 4.69) is 45.0 Å². The summed E-state index contributed by atoms with van der Waals surface area (Å²) in [6.07, 6.45) is 0.315. The number of hydrogen-bond donors (Lipinski definition) is 1. The largest absolute Gasteiger partial charge is 0.490 e. The van der Waals surface area contributed by atoms with Crippen LogP contribution in [-0.2, 0) is 17.9 Å². The van der Waals surface area contributed by atoms with Crippen molar-refractivity contribution in [3.63, 3.8) is 0 Å². The van der Waals surface area contributed by atoms with Crippen molar-refractivity contribution in [3.05, 3.63) is 124 Å². The van der Waals surface area contributed by atoms with E-state index in [-0.39, 0.29) is 17.2 Å². The molecule has 0 saturated carbocycles. The maximum Gasteiger partial charge on any atom is 0.261 e. The van der Waals surface area contributed by atoms with E-state index in [1.54, 1.807) is 13.1 Å². The summed E-state index contributed by atoms with van der Waals surface area (Å²) in [5.41, 5.74) is 3.16. The molecule has 4 aromatic carbocycles. The predicted molar refractivity (Wildman–Crippen MR) is 182 cm³/mol. The summed E-state index contributed by atoms with van der Waals surface area (Å²) < 4.78 is 30.0. The van der Waals surface area contributed by atoms with Crippen molar-refractivity contribution in [2.45, 2.75) is 51.7 Å². The third kappa shape index (κ3) is 5.23. The van der Waals surface area contributed by atoms with Gasteiger partial charge in [-0.1, -0.05) is 99.6 Å². The van der Waals surface area contributed by atoms with Gasteiger partial charge >= 0.3 is 0 Å². The van der Waals surface area contributed by atoms with Crippen LogP contribution in [0.15, 0.2) is 95.8 Å². The van der Waals surface area contributed by atoms with Crippen LogP contribution in [0.1, 0.15) is 50.1 Å². The van der Waals surface area contributed by atoms with E-state index in [1.165, 1.54) is 10.6 Å². The minimum absolute atomic E-state index is 0.0541. The molecule has 0 radical (unpaired) electrons. The first-order valence-corrected chi connectivity index (χ1v) is 17.5. The van der Waals surface area contributed by atoms with Crippen molar-refractivity contribution in [2.24, 2.45) is 7.05 Å². The normalized spacial score (nSPS) is 14.2. The second-order valence-electron chi connectivity index (χ2n) is 13.0. The number of hydrogen-bond acceptors (Lipinski definition) is 4. The van der Waals surface area contributed by atoms with Gasteiger partial charge in [-0.3, -0.25) is 4.79 Å². The molecule has 5 aromatic rings. The molecule has 0 aliphatic carbocycles. The van der Waals surface area contributed by atoms with Crippen LogP contribution in [0.3, 0.4) is 0 Å². The zero-order valence-corrected chi connectivity index (χ0v) is 27.6. The number of benzene rings is 4. The van der Waals surface area contributed by atoms with Crippen LogP contribution in [0.2, 0.25) is 5.04 Å². The average Bonchev–Trinajstić information content (AvgIpc) is 3.05. The van der Waals surface area contributed by atoms with Crippen molar-refractivity contribution in [3.8, 4) is 16.9 Å². The predicted octanol–water partition coefficient (Wildman–Crippen LogP) is 6.59. The lowest BCUT2D eigenvalue weighted by molar-refractivity contribution is 0.0968. The Morgan fingerprint density at radius 2 is 1.53 bits per heavy atom. The molecule has 1 aliphatic rings. The topological polar surface area (TPSA) is 60.7 Å². The van der Waals surface area contributed by atoms with Crippen molar-refractivity contribution >= 4 is 29.5 Å². The highest BCUT2D eigenvalue weighted by Crippen LogP contribution is 2.43. The molecule has 1 aromatic heterocycles. The Labute approximate surface area is 265 Å². The summed E-state index contributed by atoms with van der Waals surface area (Å²) >= 11 is 0. The molecule has 0 spiro atoms. The molecule has 7 heteroatoms. The van der Waals surface area contributed by atoms with Crippen LogP contribution in [0.4, 0.5) is 4.39 Å². The standard InChI is InChI=1S/C38H40FNO4Si/c1-25-28-21-14-22-43-36(28)32(39)23-31(25)34-29-19-12-13-20-30(29)37(42)40(5)35(34)33(41)24-44-45(38(2,3)4,26-15-8-6-9-16-26)27-17-10-7-11-18-27/h6-13,15-20,23,33,41H,14,21-22,24H2,1-5H3. The van der Waals surface area contributed by atoms with Gasteiger partial charge in [-0.05, 0) is 63.8 Å². The van der Waals surface area contributed by atoms with Crippen molar-refractivity contribution in [1.82, 2.24) is 4.57 Å². The highest BCUT2D eigenvalue weighted by atomic mass is 28.4. The fourth-order valence-electron chi connectivity index (χ4n) is 7.12. The maximum atomic E-state index is 15.6. The first-order chi connectivity index (χ1) is 21.6. The van der Waals surface area contributed by atoms with Crippen molar-refractivity contribution < 1.29 is 18.7 Å². The monoisotopic (exact) mass is 621 g/mol. The molecule has 1 aliphatic heterocycles. The summed E-state index contributed by atoms with van der Waals surface area (Å²) in [6, 6.07) is 29.3. The SMILES string of the molecule is Cc1c(-c2c(C(O)CO[Si](c3ccccc3)(c3ccccc3)C(C)(C)C)n(C)c(=O)c3ccccc23)cc(F)c2c1CCCO2. The van der Waals surface area contributed by atoms with Crippen LogP contribution in [-0.4, -0.2) is 31.2 Å². The van der Waals surface area contributed by atoms with Crippen molar-refractivity contribution in [2.75, 3.05) is 13.2 Å². The van der Waals surface area contributed by atoms with E-state index in [4.69, 9.17) is 9.16 Å².